The van der Waals surface area contributed by atoms with Crippen molar-refractivity contribution < 1.29 is 13.2 Å². The number of nitrogens with one attached hydrogen (secondary N) is 1. The molecule has 0 radical (unpaired) electrons. The molecule has 2 rings (SSSR count). The molecule has 0 fully saturated rings. The summed E-state index contributed by atoms with van der Waals surface area (Å²) in [5.74, 6) is -0.423. The molecule has 0 aliphatic carbocycles. The number of rotatable bonds is 3. The van der Waals surface area contributed by atoms with Crippen molar-refractivity contribution in [1.82, 2.24) is 4.98 Å². The van der Waals surface area contributed by atoms with Crippen molar-refractivity contribution in [3.8, 4) is 0 Å². The summed E-state index contributed by atoms with van der Waals surface area (Å²) in [4.78, 5) is 16.1. The van der Waals surface area contributed by atoms with Gasteiger partial charge in [0, 0.05) is 21.3 Å². The molecule has 1 aromatic carbocycles. The van der Waals surface area contributed by atoms with Crippen LogP contribution in [0.4, 0.5) is 5.13 Å². The number of thiazole rings is 1. The van der Waals surface area contributed by atoms with E-state index in [-0.39, 0.29) is 15.0 Å². The molecular weight excluding hydrogens is 355 g/mol. The number of halogens is 2. The van der Waals surface area contributed by atoms with Crippen LogP contribution in [0.5, 0.6) is 0 Å². The first-order chi connectivity index (χ1) is 9.66. The van der Waals surface area contributed by atoms with Crippen LogP contribution < -0.4 is 5.32 Å². The third-order valence-corrected chi connectivity index (χ3v) is 5.97. The van der Waals surface area contributed by atoms with Crippen LogP contribution in [0.15, 0.2) is 22.4 Å². The maximum atomic E-state index is 12.1. The van der Waals surface area contributed by atoms with E-state index in [1.807, 2.05) is 6.92 Å². The molecule has 1 heterocycles. The van der Waals surface area contributed by atoms with E-state index in [4.69, 9.17) is 22.3 Å². The number of aromatic nitrogens is 1. The van der Waals surface area contributed by atoms with E-state index < -0.39 is 15.0 Å². The predicted octanol–water partition coefficient (Wildman–Crippen LogP) is 3.59. The highest BCUT2D eigenvalue weighted by Gasteiger charge is 2.20. The summed E-state index contributed by atoms with van der Waals surface area (Å²) >= 11 is 6.70. The molecule has 1 N–H and O–H groups in total. The number of benzene rings is 1. The van der Waals surface area contributed by atoms with Crippen LogP contribution in [0.3, 0.4) is 0 Å². The molecule has 21 heavy (non-hydrogen) atoms. The second-order valence-electron chi connectivity index (χ2n) is 4.30. The Morgan fingerprint density at radius 1 is 1.29 bits per heavy atom. The van der Waals surface area contributed by atoms with E-state index in [0.29, 0.717) is 10.6 Å². The average molecular weight is 365 g/mol. The third kappa shape index (κ3) is 3.94. The highest BCUT2D eigenvalue weighted by Crippen LogP contribution is 2.30. The lowest BCUT2D eigenvalue weighted by Gasteiger charge is -2.03. The van der Waals surface area contributed by atoms with Crippen LogP contribution in [0, 0.1) is 13.8 Å². The Kier molecular flexibility index (Phi) is 4.57. The fourth-order valence-corrected chi connectivity index (χ4v) is 4.34. The topological polar surface area (TPSA) is 76.1 Å². The van der Waals surface area contributed by atoms with E-state index in [2.05, 4.69) is 10.3 Å². The number of anilines is 1. The molecule has 0 aliphatic rings. The van der Waals surface area contributed by atoms with Gasteiger partial charge < -0.3 is 0 Å². The minimum atomic E-state index is -3.87. The van der Waals surface area contributed by atoms with E-state index >= 15 is 0 Å². The SMILES string of the molecule is Cc1cc(Cl)cc(C(=O)Nc2nc(C)c(S(=O)(=O)Cl)s2)c1. The minimum absolute atomic E-state index is 0.0817. The molecule has 0 atom stereocenters. The zero-order chi connectivity index (χ0) is 15.8. The van der Waals surface area contributed by atoms with Crippen molar-refractivity contribution in [3.05, 3.63) is 40.0 Å². The van der Waals surface area contributed by atoms with Crippen molar-refractivity contribution in [2.75, 3.05) is 5.32 Å². The molecule has 0 saturated heterocycles. The molecule has 5 nitrogen and oxygen atoms in total. The first-order valence-corrected chi connectivity index (χ1v) is 9.18. The van der Waals surface area contributed by atoms with Crippen LogP contribution in [-0.4, -0.2) is 19.3 Å². The number of aryl methyl sites for hydroxylation is 2. The smallest absolute Gasteiger partial charge is 0.272 e. The van der Waals surface area contributed by atoms with Crippen molar-refractivity contribution in [1.29, 1.82) is 0 Å². The third-order valence-electron chi connectivity index (χ3n) is 2.50. The molecule has 112 valence electrons. The molecule has 9 heteroatoms. The van der Waals surface area contributed by atoms with E-state index in [1.165, 1.54) is 13.0 Å². The van der Waals surface area contributed by atoms with Crippen LogP contribution in [-0.2, 0) is 9.05 Å². The highest BCUT2D eigenvalue weighted by molar-refractivity contribution is 8.15. The van der Waals surface area contributed by atoms with Crippen LogP contribution in [0.2, 0.25) is 5.02 Å². The van der Waals surface area contributed by atoms with E-state index in [0.717, 1.165) is 16.9 Å². The number of nitrogens with zero attached hydrogens (tertiary/aromatic N) is 1. The van der Waals surface area contributed by atoms with Crippen molar-refractivity contribution in [2.24, 2.45) is 0 Å². The molecule has 0 unspecified atom stereocenters. The van der Waals surface area contributed by atoms with Gasteiger partial charge in [-0.2, -0.15) is 0 Å². The summed E-state index contributed by atoms with van der Waals surface area (Å²) in [6.45, 7) is 3.32. The molecule has 1 amide bonds. The second-order valence-corrected chi connectivity index (χ2v) is 8.50. The summed E-state index contributed by atoms with van der Waals surface area (Å²) in [5.41, 5.74) is 1.45. The van der Waals surface area contributed by atoms with Crippen LogP contribution in [0.1, 0.15) is 21.6 Å². The monoisotopic (exact) mass is 364 g/mol. The standard InChI is InChI=1S/C12H10Cl2N2O3S2/c1-6-3-8(5-9(13)4-6)10(17)16-12-15-7(2)11(20-12)21(14,18)19/h3-5H,1-2H3,(H,15,16,17). The van der Waals surface area contributed by atoms with Crippen LogP contribution in [0.25, 0.3) is 0 Å². The molecule has 0 spiro atoms. The lowest BCUT2D eigenvalue weighted by atomic mass is 10.1. The van der Waals surface area contributed by atoms with Gasteiger partial charge in [-0.1, -0.05) is 22.9 Å². The number of carbonyl (C=O) groups excluding carboxylic acids is 1. The highest BCUT2D eigenvalue weighted by atomic mass is 35.7. The van der Waals surface area contributed by atoms with Crippen molar-refractivity contribution >= 4 is 53.7 Å². The molecule has 1 aromatic heterocycles. The molecule has 0 bridgehead atoms. The Labute approximate surface area is 135 Å². The summed E-state index contributed by atoms with van der Waals surface area (Å²) in [7, 11) is 1.41. The Morgan fingerprint density at radius 2 is 1.95 bits per heavy atom. The van der Waals surface area contributed by atoms with Gasteiger partial charge in [0.25, 0.3) is 15.0 Å². The molecule has 2 aromatic rings. The quantitative estimate of drug-likeness (QED) is 0.844. The largest absolute Gasteiger partial charge is 0.298 e. The Hall–Kier alpha value is -1.15. The first kappa shape index (κ1) is 16.2. The van der Waals surface area contributed by atoms with Crippen molar-refractivity contribution in [2.45, 2.75) is 18.1 Å². The van der Waals surface area contributed by atoms with Gasteiger partial charge >= 0.3 is 0 Å². The van der Waals surface area contributed by atoms with Gasteiger partial charge in [0.05, 0.1) is 5.69 Å². The number of hydrogen-bond donors (Lipinski definition) is 1. The minimum Gasteiger partial charge on any atom is -0.298 e. The second kappa shape index (κ2) is 5.92. The summed E-state index contributed by atoms with van der Waals surface area (Å²) in [6.07, 6.45) is 0. The van der Waals surface area contributed by atoms with Gasteiger partial charge in [0.2, 0.25) is 0 Å². The maximum absolute atomic E-state index is 12.1. The van der Waals surface area contributed by atoms with Gasteiger partial charge in [-0.15, -0.1) is 0 Å². The summed E-state index contributed by atoms with van der Waals surface area (Å²) in [5, 5.41) is 3.14. The molecule has 0 aliphatic heterocycles. The number of hydrogen-bond acceptors (Lipinski definition) is 5. The summed E-state index contributed by atoms with van der Waals surface area (Å²) in [6, 6.07) is 4.91. The van der Waals surface area contributed by atoms with Gasteiger partial charge in [0.1, 0.15) is 0 Å². The Morgan fingerprint density at radius 3 is 2.48 bits per heavy atom. The van der Waals surface area contributed by atoms with Gasteiger partial charge in [-0.3, -0.25) is 10.1 Å². The predicted molar refractivity (Wildman–Crippen MR) is 84.0 cm³/mol. The van der Waals surface area contributed by atoms with Crippen LogP contribution >= 0.6 is 33.6 Å². The lowest BCUT2D eigenvalue weighted by molar-refractivity contribution is 0.102. The number of carbonyl (C=O) groups is 1. The van der Waals surface area contributed by atoms with Gasteiger partial charge in [0.15, 0.2) is 9.34 Å². The molecular formula is C12H10Cl2N2O3S2. The van der Waals surface area contributed by atoms with Gasteiger partial charge in [-0.05, 0) is 37.6 Å². The first-order valence-electron chi connectivity index (χ1n) is 5.67. The Bertz CT molecular complexity index is 796. The normalized spacial score (nSPS) is 11.4. The average Bonchev–Trinajstić information content (AvgIpc) is 2.68. The Balaban J connectivity index is 2.28. The lowest BCUT2D eigenvalue weighted by Crippen LogP contribution is -2.11. The zero-order valence-corrected chi connectivity index (χ0v) is 14.1. The number of amides is 1. The van der Waals surface area contributed by atoms with E-state index in [9.17, 15) is 13.2 Å². The van der Waals surface area contributed by atoms with Gasteiger partial charge in [-0.25, -0.2) is 13.4 Å². The maximum Gasteiger partial charge on any atom is 0.272 e. The summed E-state index contributed by atoms with van der Waals surface area (Å²) < 4.78 is 22.6. The zero-order valence-electron chi connectivity index (χ0n) is 11.0. The van der Waals surface area contributed by atoms with Crippen molar-refractivity contribution in [3.63, 3.8) is 0 Å². The fraction of sp³-hybridized carbons (Fsp3) is 0.167. The fourth-order valence-electron chi connectivity index (χ4n) is 1.70. The van der Waals surface area contributed by atoms with E-state index in [1.54, 1.807) is 12.1 Å². The molecule has 0 saturated carbocycles.